The summed E-state index contributed by atoms with van der Waals surface area (Å²) in [5, 5.41) is 12.4. The summed E-state index contributed by atoms with van der Waals surface area (Å²) in [6.45, 7) is 2.58. The van der Waals surface area contributed by atoms with Gasteiger partial charge in [-0.25, -0.2) is 4.39 Å². The Morgan fingerprint density at radius 2 is 2.00 bits per heavy atom. The summed E-state index contributed by atoms with van der Waals surface area (Å²) in [5.74, 6) is -0.910. The van der Waals surface area contributed by atoms with Crippen molar-refractivity contribution in [3.05, 3.63) is 59.7 Å². The number of nitrogens with zero attached hydrogens (tertiary/aromatic N) is 1. The Hall–Kier alpha value is -1.94. The molecular weight excluding hydrogens is 231 g/mol. The van der Waals surface area contributed by atoms with Crippen LogP contribution in [0.1, 0.15) is 24.1 Å². The molecular formula is C14H15FN2O. The second-order valence-corrected chi connectivity index (χ2v) is 4.17. The number of hydrogen-bond acceptors (Lipinski definition) is 3. The van der Waals surface area contributed by atoms with Crippen molar-refractivity contribution in [1.29, 1.82) is 0 Å². The van der Waals surface area contributed by atoms with Crippen LogP contribution in [-0.4, -0.2) is 10.1 Å². The van der Waals surface area contributed by atoms with Gasteiger partial charge in [0.25, 0.3) is 0 Å². The second kappa shape index (κ2) is 5.60. The van der Waals surface area contributed by atoms with Crippen LogP contribution in [0.4, 0.5) is 4.39 Å². The first-order valence-corrected chi connectivity index (χ1v) is 5.77. The molecule has 2 N–H and O–H groups in total. The summed E-state index contributed by atoms with van der Waals surface area (Å²) in [7, 11) is 0. The Morgan fingerprint density at radius 3 is 2.67 bits per heavy atom. The van der Waals surface area contributed by atoms with Crippen LogP contribution in [0, 0.1) is 5.82 Å². The molecule has 0 bridgehead atoms. The van der Waals surface area contributed by atoms with Crippen LogP contribution in [-0.2, 0) is 6.54 Å². The molecule has 4 heteroatoms. The Morgan fingerprint density at radius 1 is 1.28 bits per heavy atom. The smallest absolute Gasteiger partial charge is 0.165 e. The predicted octanol–water partition coefficient (Wildman–Crippen LogP) is 2.78. The fourth-order valence-electron chi connectivity index (χ4n) is 1.70. The molecule has 0 saturated carbocycles. The third kappa shape index (κ3) is 3.05. The van der Waals surface area contributed by atoms with E-state index in [0.29, 0.717) is 6.54 Å². The maximum atomic E-state index is 13.1. The van der Waals surface area contributed by atoms with Gasteiger partial charge >= 0.3 is 0 Å². The maximum absolute atomic E-state index is 13.1. The molecule has 2 rings (SSSR count). The van der Waals surface area contributed by atoms with E-state index in [1.807, 2.05) is 19.1 Å². The molecule has 1 aromatic carbocycles. The molecule has 1 atom stereocenters. The van der Waals surface area contributed by atoms with Gasteiger partial charge in [0.2, 0.25) is 0 Å². The predicted molar refractivity (Wildman–Crippen MR) is 67.6 cm³/mol. The highest BCUT2D eigenvalue weighted by atomic mass is 19.1. The first-order chi connectivity index (χ1) is 8.66. The Balaban J connectivity index is 1.97. The summed E-state index contributed by atoms with van der Waals surface area (Å²) < 4.78 is 13.1. The number of rotatable bonds is 4. The van der Waals surface area contributed by atoms with Gasteiger partial charge in [-0.05, 0) is 42.3 Å². The standard InChI is InChI=1S/C14H15FN2O/c1-10(12-4-6-16-7-5-12)17-9-11-2-3-14(18)13(15)8-11/h2-8,10,17-18H,9H2,1H3/t10-/m1/s1. The van der Waals surface area contributed by atoms with E-state index in [1.165, 1.54) is 12.1 Å². The number of phenols is 1. The van der Waals surface area contributed by atoms with Gasteiger partial charge in [-0.15, -0.1) is 0 Å². The number of phenolic OH excluding ortho intramolecular Hbond substituents is 1. The molecule has 0 fully saturated rings. The van der Waals surface area contributed by atoms with Crippen LogP contribution in [0.25, 0.3) is 0 Å². The molecule has 0 radical (unpaired) electrons. The quantitative estimate of drug-likeness (QED) is 0.872. The first kappa shape index (κ1) is 12.5. The minimum Gasteiger partial charge on any atom is -0.505 e. The third-order valence-electron chi connectivity index (χ3n) is 2.83. The molecule has 0 spiro atoms. The van der Waals surface area contributed by atoms with Crippen molar-refractivity contribution in [2.45, 2.75) is 19.5 Å². The molecule has 0 saturated heterocycles. The van der Waals surface area contributed by atoms with Gasteiger partial charge in [-0.3, -0.25) is 4.98 Å². The molecule has 1 heterocycles. The van der Waals surface area contributed by atoms with Crippen molar-refractivity contribution < 1.29 is 9.50 Å². The highest BCUT2D eigenvalue weighted by molar-refractivity contribution is 5.28. The number of pyridine rings is 1. The van der Waals surface area contributed by atoms with Gasteiger partial charge in [0.05, 0.1) is 0 Å². The molecule has 3 nitrogen and oxygen atoms in total. The maximum Gasteiger partial charge on any atom is 0.165 e. The van der Waals surface area contributed by atoms with Crippen LogP contribution >= 0.6 is 0 Å². The zero-order valence-electron chi connectivity index (χ0n) is 10.1. The van der Waals surface area contributed by atoms with Gasteiger partial charge in [0.1, 0.15) is 0 Å². The molecule has 0 unspecified atom stereocenters. The number of nitrogens with one attached hydrogen (secondary N) is 1. The monoisotopic (exact) mass is 246 g/mol. The third-order valence-corrected chi connectivity index (χ3v) is 2.83. The molecule has 18 heavy (non-hydrogen) atoms. The summed E-state index contributed by atoms with van der Waals surface area (Å²) in [4.78, 5) is 3.96. The average molecular weight is 246 g/mol. The van der Waals surface area contributed by atoms with Crippen molar-refractivity contribution in [2.75, 3.05) is 0 Å². The molecule has 0 aliphatic carbocycles. The van der Waals surface area contributed by atoms with E-state index in [1.54, 1.807) is 18.5 Å². The van der Waals surface area contributed by atoms with E-state index in [4.69, 9.17) is 5.11 Å². The summed E-state index contributed by atoms with van der Waals surface area (Å²) in [5.41, 5.74) is 1.93. The minimum atomic E-state index is -0.592. The number of benzene rings is 1. The van der Waals surface area contributed by atoms with Crippen LogP contribution in [0.5, 0.6) is 5.75 Å². The van der Waals surface area contributed by atoms with Gasteiger partial charge in [-0.2, -0.15) is 0 Å². The van der Waals surface area contributed by atoms with E-state index in [9.17, 15) is 4.39 Å². The Labute approximate surface area is 105 Å². The number of aromatic hydroxyl groups is 1. The van der Waals surface area contributed by atoms with Crippen LogP contribution in [0.3, 0.4) is 0 Å². The highest BCUT2D eigenvalue weighted by Gasteiger charge is 2.05. The Kier molecular flexibility index (Phi) is 3.89. The van der Waals surface area contributed by atoms with Gasteiger partial charge < -0.3 is 10.4 Å². The van der Waals surface area contributed by atoms with Crippen LogP contribution < -0.4 is 5.32 Å². The largest absolute Gasteiger partial charge is 0.505 e. The lowest BCUT2D eigenvalue weighted by Gasteiger charge is -2.14. The lowest BCUT2D eigenvalue weighted by Crippen LogP contribution is -2.18. The van der Waals surface area contributed by atoms with Crippen molar-refractivity contribution in [1.82, 2.24) is 10.3 Å². The van der Waals surface area contributed by atoms with Crippen molar-refractivity contribution in [2.24, 2.45) is 0 Å². The fourth-order valence-corrected chi connectivity index (χ4v) is 1.70. The average Bonchev–Trinajstić information content (AvgIpc) is 2.41. The molecule has 2 aromatic rings. The normalized spacial score (nSPS) is 12.3. The van der Waals surface area contributed by atoms with Gasteiger partial charge in [0.15, 0.2) is 11.6 Å². The summed E-state index contributed by atoms with van der Waals surface area (Å²) in [6.07, 6.45) is 3.49. The van der Waals surface area contributed by atoms with Gasteiger partial charge in [0, 0.05) is 25.0 Å². The van der Waals surface area contributed by atoms with Crippen molar-refractivity contribution >= 4 is 0 Å². The number of hydrogen-bond donors (Lipinski definition) is 2. The van der Waals surface area contributed by atoms with E-state index in [2.05, 4.69) is 10.3 Å². The van der Waals surface area contributed by atoms with Gasteiger partial charge in [-0.1, -0.05) is 6.07 Å². The number of aromatic nitrogens is 1. The Bertz CT molecular complexity index is 516. The molecule has 0 amide bonds. The topological polar surface area (TPSA) is 45.1 Å². The van der Waals surface area contributed by atoms with Crippen LogP contribution in [0.15, 0.2) is 42.7 Å². The fraction of sp³-hybridized carbons (Fsp3) is 0.214. The minimum absolute atomic E-state index is 0.157. The zero-order valence-corrected chi connectivity index (χ0v) is 10.1. The molecule has 94 valence electrons. The number of halogens is 1. The molecule has 0 aliphatic rings. The van der Waals surface area contributed by atoms with Crippen molar-refractivity contribution in [3.63, 3.8) is 0 Å². The second-order valence-electron chi connectivity index (χ2n) is 4.17. The summed E-state index contributed by atoms with van der Waals surface area (Å²) in [6, 6.07) is 8.43. The molecule has 0 aliphatic heterocycles. The van der Waals surface area contributed by atoms with E-state index < -0.39 is 5.82 Å². The highest BCUT2D eigenvalue weighted by Crippen LogP contribution is 2.17. The first-order valence-electron chi connectivity index (χ1n) is 5.77. The van der Waals surface area contributed by atoms with E-state index in [0.717, 1.165) is 11.1 Å². The van der Waals surface area contributed by atoms with Crippen molar-refractivity contribution in [3.8, 4) is 5.75 Å². The molecule has 1 aromatic heterocycles. The lowest BCUT2D eigenvalue weighted by molar-refractivity contribution is 0.431. The SMILES string of the molecule is C[C@@H](NCc1ccc(O)c(F)c1)c1ccncc1. The van der Waals surface area contributed by atoms with Crippen LogP contribution in [0.2, 0.25) is 0 Å². The van der Waals surface area contributed by atoms with E-state index >= 15 is 0 Å². The summed E-state index contributed by atoms with van der Waals surface area (Å²) >= 11 is 0. The zero-order chi connectivity index (χ0) is 13.0. The lowest BCUT2D eigenvalue weighted by atomic mass is 10.1. The van der Waals surface area contributed by atoms with E-state index in [-0.39, 0.29) is 11.8 Å².